The van der Waals surface area contributed by atoms with Crippen LogP contribution in [0.15, 0.2) is 18.2 Å². The van der Waals surface area contributed by atoms with Gasteiger partial charge in [-0.15, -0.1) is 11.6 Å². The summed E-state index contributed by atoms with van der Waals surface area (Å²) in [6, 6.07) is 6.09. The molecule has 0 saturated heterocycles. The Balaban J connectivity index is 2.81. The van der Waals surface area contributed by atoms with Crippen molar-refractivity contribution in [2.45, 2.75) is 33.6 Å². The lowest BCUT2D eigenvalue weighted by molar-refractivity contribution is 0.240. The van der Waals surface area contributed by atoms with Crippen molar-refractivity contribution >= 4 is 11.6 Å². The summed E-state index contributed by atoms with van der Waals surface area (Å²) in [6.07, 6.45) is 2.29. The summed E-state index contributed by atoms with van der Waals surface area (Å²) in [5.74, 6) is 7.76. The van der Waals surface area contributed by atoms with E-state index in [-0.39, 0.29) is 0 Å². The Morgan fingerprint density at radius 1 is 1.28 bits per heavy atom. The first-order valence-electron chi connectivity index (χ1n) is 6.49. The molecular weight excluding hydrogens is 244 g/mol. The number of hydrogen-bond donors (Lipinski definition) is 0. The summed E-state index contributed by atoms with van der Waals surface area (Å²) >= 11 is 5.60. The topological polar surface area (TPSA) is 9.23 Å². The first-order valence-corrected chi connectivity index (χ1v) is 7.03. The summed E-state index contributed by atoms with van der Waals surface area (Å²) in [7, 11) is 0. The largest absolute Gasteiger partial charge is 0.492 e. The zero-order valence-corrected chi connectivity index (χ0v) is 12.2. The Kier molecular flexibility index (Phi) is 6.68. The van der Waals surface area contributed by atoms with Crippen LogP contribution in [-0.2, 0) is 0 Å². The molecule has 1 aromatic carbocycles. The van der Waals surface area contributed by atoms with Crippen LogP contribution in [0.25, 0.3) is 0 Å². The van der Waals surface area contributed by atoms with Gasteiger partial charge >= 0.3 is 0 Å². The number of halogens is 1. The first kappa shape index (κ1) is 14.9. The second-order valence-electron chi connectivity index (χ2n) is 4.43. The van der Waals surface area contributed by atoms with Crippen LogP contribution in [0.1, 0.15) is 37.8 Å². The molecule has 0 aliphatic rings. The molecule has 0 aliphatic heterocycles. The Morgan fingerprint density at radius 2 is 2.00 bits per heavy atom. The van der Waals surface area contributed by atoms with E-state index in [1.807, 2.05) is 18.2 Å². The fourth-order valence-corrected chi connectivity index (χ4v) is 1.79. The predicted octanol–water partition coefficient (Wildman–Crippen LogP) is 4.40. The minimum absolute atomic E-state index is 0.347. The number of aryl methyl sites for hydroxylation is 1. The van der Waals surface area contributed by atoms with Crippen molar-refractivity contribution < 1.29 is 4.74 Å². The molecular formula is C16H21ClO. The van der Waals surface area contributed by atoms with Crippen LogP contribution in [0.2, 0.25) is 0 Å². The molecule has 0 bridgehead atoms. The summed E-state index contributed by atoms with van der Waals surface area (Å²) in [5, 5.41) is 0. The lowest BCUT2D eigenvalue weighted by Crippen LogP contribution is -2.10. The second-order valence-corrected chi connectivity index (χ2v) is 4.70. The molecule has 2 heteroatoms. The quantitative estimate of drug-likeness (QED) is 0.566. The molecule has 0 unspecified atom stereocenters. The Bertz CT molecular complexity index is 424. The fourth-order valence-electron chi connectivity index (χ4n) is 1.73. The molecule has 1 nitrogen and oxygen atoms in total. The molecule has 0 aromatic heterocycles. The van der Waals surface area contributed by atoms with Gasteiger partial charge in [0.15, 0.2) is 0 Å². The molecule has 0 heterocycles. The van der Waals surface area contributed by atoms with Gasteiger partial charge in [0.2, 0.25) is 0 Å². The van der Waals surface area contributed by atoms with Gasteiger partial charge in [-0.1, -0.05) is 44.6 Å². The van der Waals surface area contributed by atoms with E-state index < -0.39 is 0 Å². The van der Waals surface area contributed by atoms with Crippen molar-refractivity contribution in [1.82, 2.24) is 0 Å². The Labute approximate surface area is 115 Å². The summed E-state index contributed by atoms with van der Waals surface area (Å²) in [4.78, 5) is 0. The number of rotatable bonds is 5. The van der Waals surface area contributed by atoms with Crippen LogP contribution in [0.5, 0.6) is 5.75 Å². The van der Waals surface area contributed by atoms with Crippen LogP contribution in [0, 0.1) is 24.7 Å². The van der Waals surface area contributed by atoms with Gasteiger partial charge in [-0.05, 0) is 30.5 Å². The van der Waals surface area contributed by atoms with Gasteiger partial charge in [0, 0.05) is 0 Å². The van der Waals surface area contributed by atoms with Gasteiger partial charge in [0.05, 0.1) is 18.1 Å². The van der Waals surface area contributed by atoms with E-state index in [1.165, 1.54) is 5.56 Å². The molecule has 0 radical (unpaired) electrons. The molecule has 18 heavy (non-hydrogen) atoms. The van der Waals surface area contributed by atoms with Gasteiger partial charge < -0.3 is 4.74 Å². The maximum absolute atomic E-state index is 5.89. The summed E-state index contributed by atoms with van der Waals surface area (Å²) < 4.78 is 5.89. The fraction of sp³-hybridized carbons (Fsp3) is 0.500. The van der Waals surface area contributed by atoms with Crippen LogP contribution < -0.4 is 4.74 Å². The third kappa shape index (κ3) is 4.63. The van der Waals surface area contributed by atoms with E-state index in [1.54, 1.807) is 0 Å². The van der Waals surface area contributed by atoms with E-state index in [9.17, 15) is 0 Å². The number of alkyl halides is 1. The standard InChI is InChI=1S/C16H21ClO/c1-4-14(5-2)12-18-16-9-8-13(3)11-15(16)7-6-10-17/h8-9,11,14H,4-5,10,12H2,1-3H3. The summed E-state index contributed by atoms with van der Waals surface area (Å²) in [5.41, 5.74) is 2.12. The molecule has 0 aliphatic carbocycles. The van der Waals surface area contributed by atoms with Crippen molar-refractivity contribution in [1.29, 1.82) is 0 Å². The molecule has 0 atom stereocenters. The van der Waals surface area contributed by atoms with Gasteiger partial charge in [-0.2, -0.15) is 0 Å². The zero-order chi connectivity index (χ0) is 13.4. The average molecular weight is 265 g/mol. The number of benzene rings is 1. The van der Waals surface area contributed by atoms with Crippen LogP contribution in [-0.4, -0.2) is 12.5 Å². The van der Waals surface area contributed by atoms with Crippen molar-refractivity contribution in [3.63, 3.8) is 0 Å². The van der Waals surface area contributed by atoms with E-state index in [0.29, 0.717) is 11.8 Å². The molecule has 98 valence electrons. The van der Waals surface area contributed by atoms with Gasteiger partial charge in [-0.3, -0.25) is 0 Å². The van der Waals surface area contributed by atoms with E-state index in [0.717, 1.165) is 30.8 Å². The monoisotopic (exact) mass is 264 g/mol. The highest BCUT2D eigenvalue weighted by atomic mass is 35.5. The third-order valence-electron chi connectivity index (χ3n) is 3.05. The molecule has 1 aromatic rings. The average Bonchev–Trinajstić information content (AvgIpc) is 2.39. The Morgan fingerprint density at radius 3 is 2.61 bits per heavy atom. The van der Waals surface area contributed by atoms with Crippen LogP contribution in [0.3, 0.4) is 0 Å². The van der Waals surface area contributed by atoms with Crippen LogP contribution in [0.4, 0.5) is 0 Å². The number of hydrogen-bond acceptors (Lipinski definition) is 1. The molecule has 0 fully saturated rings. The highest BCUT2D eigenvalue weighted by molar-refractivity contribution is 6.19. The van der Waals surface area contributed by atoms with Gasteiger partial charge in [0.1, 0.15) is 5.75 Å². The highest BCUT2D eigenvalue weighted by Crippen LogP contribution is 2.21. The van der Waals surface area contributed by atoms with E-state index in [2.05, 4.69) is 32.6 Å². The molecule has 0 saturated carbocycles. The summed E-state index contributed by atoms with van der Waals surface area (Å²) in [6.45, 7) is 7.20. The second kappa shape index (κ2) is 8.06. The minimum Gasteiger partial charge on any atom is -0.492 e. The maximum Gasteiger partial charge on any atom is 0.134 e. The zero-order valence-electron chi connectivity index (χ0n) is 11.4. The van der Waals surface area contributed by atoms with Crippen LogP contribution >= 0.6 is 11.6 Å². The van der Waals surface area contributed by atoms with Crippen molar-refractivity contribution in [3.05, 3.63) is 29.3 Å². The smallest absolute Gasteiger partial charge is 0.134 e. The third-order valence-corrected chi connectivity index (χ3v) is 3.19. The van der Waals surface area contributed by atoms with Crippen molar-refractivity contribution in [2.75, 3.05) is 12.5 Å². The first-order chi connectivity index (χ1) is 8.71. The van der Waals surface area contributed by atoms with Gasteiger partial charge in [-0.25, -0.2) is 0 Å². The normalized spacial score (nSPS) is 10.1. The SMILES string of the molecule is CCC(CC)COc1ccc(C)cc1C#CCCl. The maximum atomic E-state index is 5.89. The number of ether oxygens (including phenoxy) is 1. The lowest BCUT2D eigenvalue weighted by Gasteiger charge is -2.15. The Hall–Kier alpha value is -1.13. The lowest BCUT2D eigenvalue weighted by atomic mass is 10.1. The molecule has 0 amide bonds. The van der Waals surface area contributed by atoms with Gasteiger partial charge in [0.25, 0.3) is 0 Å². The van der Waals surface area contributed by atoms with E-state index in [4.69, 9.17) is 16.3 Å². The molecule has 1 rings (SSSR count). The van der Waals surface area contributed by atoms with Crippen molar-refractivity contribution in [3.8, 4) is 17.6 Å². The van der Waals surface area contributed by atoms with E-state index >= 15 is 0 Å². The molecule has 0 spiro atoms. The molecule has 0 N–H and O–H groups in total. The highest BCUT2D eigenvalue weighted by Gasteiger charge is 2.07. The minimum atomic E-state index is 0.347. The van der Waals surface area contributed by atoms with Crippen molar-refractivity contribution in [2.24, 2.45) is 5.92 Å². The predicted molar refractivity (Wildman–Crippen MR) is 78.3 cm³/mol.